The van der Waals surface area contributed by atoms with Gasteiger partial charge in [-0.1, -0.05) is 178 Å². The molecule has 2 heterocycles. The number of benzene rings is 10. The highest BCUT2D eigenvalue weighted by molar-refractivity contribution is 7.26. The van der Waals surface area contributed by atoms with Crippen LogP contribution in [0.5, 0.6) is 0 Å². The van der Waals surface area contributed by atoms with Gasteiger partial charge in [0, 0.05) is 54.5 Å². The first-order valence-corrected chi connectivity index (χ1v) is 25.1. The van der Waals surface area contributed by atoms with Crippen molar-refractivity contribution in [2.75, 3.05) is 4.90 Å². The molecule has 0 bridgehead atoms. The van der Waals surface area contributed by atoms with Crippen molar-refractivity contribution >= 4 is 70.5 Å². The van der Waals surface area contributed by atoms with E-state index in [-0.39, 0.29) is 11.3 Å². The van der Waals surface area contributed by atoms with Crippen LogP contribution in [0.4, 0.5) is 17.1 Å². The summed E-state index contributed by atoms with van der Waals surface area (Å²) in [5.41, 5.74) is 22.2. The van der Waals surface area contributed by atoms with Crippen LogP contribution in [-0.2, 0) is 11.8 Å². The number of anilines is 3. The van der Waals surface area contributed by atoms with Gasteiger partial charge < -0.3 is 9.32 Å². The van der Waals surface area contributed by atoms with E-state index in [1.165, 1.54) is 109 Å². The van der Waals surface area contributed by atoms with E-state index in [9.17, 15) is 0 Å². The molecule has 2 aliphatic carbocycles. The normalized spacial score (nSPS) is 14.7. The monoisotopic (exact) mass is 901 g/mol. The summed E-state index contributed by atoms with van der Waals surface area (Å²) in [6.45, 7) is 4.80. The fraction of sp³-hybridized carbons (Fsp3) is 0.0909. The maximum Gasteiger partial charge on any atom is 0.139 e. The van der Waals surface area contributed by atoms with Gasteiger partial charge in [-0.25, -0.2) is 0 Å². The second-order valence-corrected chi connectivity index (χ2v) is 20.5. The number of hydrogen-bond donors (Lipinski definition) is 0. The van der Waals surface area contributed by atoms with Crippen molar-refractivity contribution in [2.45, 2.75) is 38.0 Å². The van der Waals surface area contributed by atoms with Crippen LogP contribution in [0, 0.1) is 0 Å². The van der Waals surface area contributed by atoms with Crippen LogP contribution in [0.2, 0.25) is 0 Å². The van der Waals surface area contributed by atoms with E-state index in [1.807, 2.05) is 11.3 Å². The average molecular weight is 902 g/mol. The first-order valence-electron chi connectivity index (χ1n) is 24.2. The second kappa shape index (κ2) is 15.5. The fourth-order valence-corrected chi connectivity index (χ4v) is 13.1. The Balaban J connectivity index is 0.939. The third kappa shape index (κ3) is 6.30. The first kappa shape index (κ1) is 40.1. The lowest BCUT2D eigenvalue weighted by molar-refractivity contribution is 0.643. The van der Waals surface area contributed by atoms with Crippen molar-refractivity contribution in [1.82, 2.24) is 0 Å². The number of thiophene rings is 1. The van der Waals surface area contributed by atoms with Gasteiger partial charge in [0.1, 0.15) is 11.2 Å². The summed E-state index contributed by atoms with van der Waals surface area (Å²) in [7, 11) is 0. The van der Waals surface area contributed by atoms with E-state index < -0.39 is 0 Å². The van der Waals surface area contributed by atoms with Gasteiger partial charge in [-0.3, -0.25) is 0 Å². The smallest absolute Gasteiger partial charge is 0.139 e. The molecule has 0 saturated heterocycles. The molecule has 0 aliphatic heterocycles. The Labute approximate surface area is 406 Å². The Morgan fingerprint density at radius 3 is 2.06 bits per heavy atom. The summed E-state index contributed by atoms with van der Waals surface area (Å²) in [6, 6.07) is 81.2. The molecule has 1 atom stereocenters. The summed E-state index contributed by atoms with van der Waals surface area (Å²) in [4.78, 5) is 2.46. The van der Waals surface area contributed by atoms with Crippen LogP contribution in [0.3, 0.4) is 0 Å². The minimum absolute atomic E-state index is 0.123. The lowest BCUT2D eigenvalue weighted by atomic mass is 9.78. The minimum Gasteiger partial charge on any atom is -0.456 e. The Hall–Kier alpha value is -7.98. The van der Waals surface area contributed by atoms with Gasteiger partial charge in [0.05, 0.1) is 10.4 Å². The third-order valence-electron chi connectivity index (χ3n) is 15.3. The summed E-state index contributed by atoms with van der Waals surface area (Å²) in [5.74, 6) is 0.145. The van der Waals surface area contributed by atoms with Crippen molar-refractivity contribution < 1.29 is 4.42 Å². The molecule has 14 rings (SSSR count). The van der Waals surface area contributed by atoms with Crippen molar-refractivity contribution in [3.05, 3.63) is 246 Å². The largest absolute Gasteiger partial charge is 0.456 e. The zero-order valence-electron chi connectivity index (χ0n) is 38.5. The quantitative estimate of drug-likeness (QED) is 0.165. The molecule has 2 aliphatic rings. The molecule has 0 spiro atoms. The van der Waals surface area contributed by atoms with Crippen LogP contribution < -0.4 is 4.90 Å². The van der Waals surface area contributed by atoms with Gasteiger partial charge in [-0.15, -0.1) is 11.3 Å². The van der Waals surface area contributed by atoms with Crippen LogP contribution in [0.1, 0.15) is 54.0 Å². The van der Waals surface area contributed by atoms with E-state index in [0.717, 1.165) is 35.4 Å². The van der Waals surface area contributed by atoms with Crippen LogP contribution in [-0.4, -0.2) is 0 Å². The van der Waals surface area contributed by atoms with Gasteiger partial charge in [0.25, 0.3) is 0 Å². The van der Waals surface area contributed by atoms with E-state index in [1.54, 1.807) is 0 Å². The standard InChI is InChI=1S/C66H47NOS/c1-66(2)59-25-9-6-19-49(59)58-39-56-55-38-45(30-29-43(55)33-36-48(57(56)40-60(58)66)52-22-13-23-53-50-20-7-10-27-62(50)68-64(52)53)44-17-12-18-47(37-44)67(46-34-31-42(32-35-46)41-15-4-3-5-16-41)61-26-14-24-54-51-21-8-11-28-63(51)69-65(54)61/h3-32,34-35,37-40,48H,33,36H2,1-2H3. The summed E-state index contributed by atoms with van der Waals surface area (Å²) < 4.78 is 9.37. The summed E-state index contributed by atoms with van der Waals surface area (Å²) >= 11 is 1.87. The van der Waals surface area contributed by atoms with Gasteiger partial charge in [-0.2, -0.15) is 0 Å². The van der Waals surface area contributed by atoms with Crippen molar-refractivity contribution in [1.29, 1.82) is 0 Å². The van der Waals surface area contributed by atoms with Gasteiger partial charge >= 0.3 is 0 Å². The lowest BCUT2D eigenvalue weighted by Crippen LogP contribution is -2.16. The van der Waals surface area contributed by atoms with Crippen LogP contribution in [0.15, 0.2) is 223 Å². The highest BCUT2D eigenvalue weighted by atomic mass is 32.1. The molecule has 12 aromatic rings. The van der Waals surface area contributed by atoms with E-state index in [0.29, 0.717) is 0 Å². The highest BCUT2D eigenvalue weighted by Crippen LogP contribution is 2.54. The zero-order valence-corrected chi connectivity index (χ0v) is 39.4. The number of hydrogen-bond acceptors (Lipinski definition) is 3. The second-order valence-electron chi connectivity index (χ2n) is 19.5. The SMILES string of the molecule is CC1(C)c2ccccc2-c2cc3c(cc21)C(c1cccc2c1oc1ccccc12)CCc1ccc(-c2cccc(N(c4ccc(-c5ccccc5)cc4)c4cccc5c4sc4ccccc45)c2)cc1-3. The Morgan fingerprint density at radius 2 is 1.16 bits per heavy atom. The lowest BCUT2D eigenvalue weighted by Gasteiger charge is -2.27. The topological polar surface area (TPSA) is 16.4 Å². The van der Waals surface area contributed by atoms with Crippen molar-refractivity contribution in [3.8, 4) is 44.5 Å². The maximum atomic E-state index is 6.79. The fourth-order valence-electron chi connectivity index (χ4n) is 11.9. The number of para-hydroxylation sites is 2. The number of aryl methyl sites for hydroxylation is 1. The van der Waals surface area contributed by atoms with Crippen LogP contribution in [0.25, 0.3) is 86.6 Å². The molecule has 0 amide bonds. The van der Waals surface area contributed by atoms with E-state index in [2.05, 4.69) is 237 Å². The maximum absolute atomic E-state index is 6.79. The first-order chi connectivity index (χ1) is 34.0. The molecule has 0 fully saturated rings. The Morgan fingerprint density at radius 1 is 0.464 bits per heavy atom. The molecular weight excluding hydrogens is 855 g/mol. The molecule has 0 N–H and O–H groups in total. The average Bonchev–Trinajstić information content (AvgIpc) is 4.01. The predicted molar refractivity (Wildman–Crippen MR) is 292 cm³/mol. The molecule has 69 heavy (non-hydrogen) atoms. The number of fused-ring (bicyclic) bond motifs is 12. The predicted octanol–water partition coefficient (Wildman–Crippen LogP) is 18.8. The summed E-state index contributed by atoms with van der Waals surface area (Å²) in [5, 5.41) is 4.94. The molecule has 0 saturated carbocycles. The van der Waals surface area contributed by atoms with Crippen molar-refractivity contribution in [3.63, 3.8) is 0 Å². The Bertz CT molecular complexity index is 4000. The molecule has 3 heteroatoms. The molecule has 2 aromatic heterocycles. The molecule has 0 radical (unpaired) electrons. The summed E-state index contributed by atoms with van der Waals surface area (Å²) in [6.07, 6.45) is 1.95. The number of nitrogens with zero attached hydrogens (tertiary/aromatic N) is 1. The molecule has 328 valence electrons. The molecule has 10 aromatic carbocycles. The van der Waals surface area contributed by atoms with Gasteiger partial charge in [0.2, 0.25) is 0 Å². The highest BCUT2D eigenvalue weighted by Gasteiger charge is 2.38. The molecular formula is C66H47NOS. The van der Waals surface area contributed by atoms with Gasteiger partial charge in [0.15, 0.2) is 0 Å². The number of furan rings is 1. The zero-order chi connectivity index (χ0) is 45.8. The third-order valence-corrected chi connectivity index (χ3v) is 16.5. The van der Waals surface area contributed by atoms with Crippen molar-refractivity contribution in [2.24, 2.45) is 0 Å². The molecule has 1 unspecified atom stereocenters. The molecule has 2 nitrogen and oxygen atoms in total. The Kier molecular flexibility index (Phi) is 9.03. The van der Waals surface area contributed by atoms with Gasteiger partial charge in [-0.05, 0) is 134 Å². The number of rotatable bonds is 6. The van der Waals surface area contributed by atoms with E-state index in [4.69, 9.17) is 4.42 Å². The van der Waals surface area contributed by atoms with Crippen LogP contribution >= 0.6 is 11.3 Å². The van der Waals surface area contributed by atoms with E-state index >= 15 is 0 Å². The minimum atomic E-state index is -0.123.